The molecule has 23 heavy (non-hydrogen) atoms. The van der Waals surface area contributed by atoms with Crippen LogP contribution in [0.15, 0.2) is 52.2 Å². The fourth-order valence-electron chi connectivity index (χ4n) is 2.08. The minimum Gasteiger partial charge on any atom is -0.300 e. The molecule has 0 radical (unpaired) electrons. The van der Waals surface area contributed by atoms with Crippen LogP contribution >= 0.6 is 23.1 Å². The summed E-state index contributed by atoms with van der Waals surface area (Å²) in [6.07, 6.45) is 6.78. The molecule has 1 amide bonds. The third-order valence-corrected chi connectivity index (χ3v) is 4.67. The summed E-state index contributed by atoms with van der Waals surface area (Å²) in [6.45, 7) is 0. The zero-order valence-corrected chi connectivity index (χ0v) is 13.3. The van der Waals surface area contributed by atoms with Gasteiger partial charge in [-0.15, -0.1) is 11.3 Å². The highest BCUT2D eigenvalue weighted by molar-refractivity contribution is 8.18. The second-order valence-electron chi connectivity index (χ2n) is 4.64. The van der Waals surface area contributed by atoms with Crippen LogP contribution in [0, 0.1) is 0 Å². The molecule has 3 heterocycles. The molecule has 0 saturated carbocycles. The number of aromatic nitrogens is 3. The van der Waals surface area contributed by atoms with Gasteiger partial charge < -0.3 is 5.32 Å². The molecule has 2 aromatic heterocycles. The molecule has 0 spiro atoms. The molecule has 1 aliphatic rings. The molecule has 1 saturated heterocycles. The predicted octanol–water partition coefficient (Wildman–Crippen LogP) is 2.98. The Morgan fingerprint density at radius 1 is 1.26 bits per heavy atom. The summed E-state index contributed by atoms with van der Waals surface area (Å²) >= 11 is 2.72. The van der Waals surface area contributed by atoms with Gasteiger partial charge in [-0.25, -0.2) is 15.0 Å². The minimum atomic E-state index is -0.158. The Bertz CT molecular complexity index is 949. The summed E-state index contributed by atoms with van der Waals surface area (Å²) in [7, 11) is 0. The standard InChI is InChI=1S/C15H9N5OS2/c21-13-12(23-15(19-13)20-14-17-3-4-22-14)6-9-1-2-11-10(5-9)7-16-8-18-11/h1-8H,(H,17,19,20,21). The summed E-state index contributed by atoms with van der Waals surface area (Å²) in [5, 5.41) is 6.69. The smallest absolute Gasteiger partial charge is 0.264 e. The number of amides is 1. The van der Waals surface area contributed by atoms with Crippen molar-refractivity contribution in [3.05, 3.63) is 52.8 Å². The van der Waals surface area contributed by atoms with Crippen molar-refractivity contribution in [3.63, 3.8) is 0 Å². The lowest BCUT2D eigenvalue weighted by atomic mass is 10.1. The lowest BCUT2D eigenvalue weighted by molar-refractivity contribution is -0.115. The van der Waals surface area contributed by atoms with Gasteiger partial charge in [-0.3, -0.25) is 4.79 Å². The van der Waals surface area contributed by atoms with E-state index in [9.17, 15) is 4.79 Å². The van der Waals surface area contributed by atoms with Crippen LogP contribution in [0.3, 0.4) is 0 Å². The van der Waals surface area contributed by atoms with E-state index in [1.165, 1.54) is 29.4 Å². The van der Waals surface area contributed by atoms with Gasteiger partial charge in [-0.2, -0.15) is 4.99 Å². The first kappa shape index (κ1) is 14.0. The van der Waals surface area contributed by atoms with Gasteiger partial charge >= 0.3 is 0 Å². The quantitative estimate of drug-likeness (QED) is 0.726. The number of thiazole rings is 1. The molecule has 3 aromatic rings. The lowest BCUT2D eigenvalue weighted by Gasteiger charge is -1.98. The molecule has 0 aliphatic carbocycles. The second kappa shape index (κ2) is 5.90. The molecule has 1 aromatic carbocycles. The molecular formula is C15H9N5OS2. The van der Waals surface area contributed by atoms with E-state index < -0.39 is 0 Å². The van der Waals surface area contributed by atoms with Crippen molar-refractivity contribution >= 4 is 56.3 Å². The van der Waals surface area contributed by atoms with Gasteiger partial charge in [0.1, 0.15) is 6.33 Å². The molecule has 8 heteroatoms. The van der Waals surface area contributed by atoms with Gasteiger partial charge in [-0.1, -0.05) is 6.07 Å². The van der Waals surface area contributed by atoms with Crippen LogP contribution in [0.2, 0.25) is 0 Å². The molecule has 1 fully saturated rings. The maximum atomic E-state index is 12.1. The van der Waals surface area contributed by atoms with Crippen molar-refractivity contribution < 1.29 is 4.79 Å². The second-order valence-corrected chi connectivity index (χ2v) is 6.54. The van der Waals surface area contributed by atoms with Gasteiger partial charge in [0.15, 0.2) is 5.17 Å². The average Bonchev–Trinajstić information content (AvgIpc) is 3.18. The Morgan fingerprint density at radius 3 is 3.09 bits per heavy atom. The van der Waals surface area contributed by atoms with Gasteiger partial charge in [0.2, 0.25) is 5.13 Å². The van der Waals surface area contributed by atoms with Crippen molar-refractivity contribution in [1.82, 2.24) is 20.3 Å². The minimum absolute atomic E-state index is 0.158. The van der Waals surface area contributed by atoms with E-state index in [0.717, 1.165) is 16.5 Å². The highest BCUT2D eigenvalue weighted by Crippen LogP contribution is 2.29. The van der Waals surface area contributed by atoms with Crippen molar-refractivity contribution in [2.45, 2.75) is 0 Å². The van der Waals surface area contributed by atoms with Crippen LogP contribution in [0.25, 0.3) is 17.0 Å². The molecular weight excluding hydrogens is 330 g/mol. The van der Waals surface area contributed by atoms with Crippen LogP contribution in [-0.4, -0.2) is 26.0 Å². The summed E-state index contributed by atoms with van der Waals surface area (Å²) < 4.78 is 0. The zero-order valence-electron chi connectivity index (χ0n) is 11.6. The number of amidine groups is 1. The molecule has 0 bridgehead atoms. The number of thioether (sulfide) groups is 1. The van der Waals surface area contributed by atoms with Crippen LogP contribution in [0.1, 0.15) is 5.56 Å². The number of nitrogens with one attached hydrogen (secondary N) is 1. The number of carbonyl (C=O) groups is 1. The molecule has 112 valence electrons. The normalized spacial score (nSPS) is 18.0. The largest absolute Gasteiger partial charge is 0.300 e. The van der Waals surface area contributed by atoms with Gasteiger partial charge in [0, 0.05) is 23.2 Å². The number of hydrogen-bond donors (Lipinski definition) is 1. The first-order valence-corrected chi connectivity index (χ1v) is 8.36. The topological polar surface area (TPSA) is 80.1 Å². The van der Waals surface area contributed by atoms with Crippen LogP contribution in [0.5, 0.6) is 0 Å². The predicted molar refractivity (Wildman–Crippen MR) is 92.5 cm³/mol. The third-order valence-electron chi connectivity index (χ3n) is 3.09. The number of nitrogens with zero attached hydrogens (tertiary/aromatic N) is 4. The van der Waals surface area contributed by atoms with Crippen LogP contribution in [0.4, 0.5) is 5.13 Å². The molecule has 1 N–H and O–H groups in total. The fourth-order valence-corrected chi connectivity index (χ4v) is 3.47. The maximum Gasteiger partial charge on any atom is 0.264 e. The Morgan fingerprint density at radius 2 is 2.22 bits per heavy atom. The summed E-state index contributed by atoms with van der Waals surface area (Å²) in [6, 6.07) is 5.78. The number of benzene rings is 1. The number of aliphatic imine (C=N–C) groups is 1. The SMILES string of the molecule is O=C1NC(=Nc2nccs2)SC1=Cc1ccc2ncncc2c1. The van der Waals surface area contributed by atoms with E-state index in [-0.39, 0.29) is 5.91 Å². The van der Waals surface area contributed by atoms with Crippen molar-refractivity contribution in [2.24, 2.45) is 4.99 Å². The first-order chi connectivity index (χ1) is 11.3. The third kappa shape index (κ3) is 2.99. The Labute approximate surface area is 139 Å². The highest BCUT2D eigenvalue weighted by atomic mass is 32.2. The van der Waals surface area contributed by atoms with E-state index >= 15 is 0 Å². The Kier molecular flexibility index (Phi) is 3.60. The fraction of sp³-hybridized carbons (Fsp3) is 0. The number of fused-ring (bicyclic) bond motifs is 1. The van der Waals surface area contributed by atoms with Crippen LogP contribution < -0.4 is 5.32 Å². The maximum absolute atomic E-state index is 12.1. The Balaban J connectivity index is 1.63. The monoisotopic (exact) mass is 339 g/mol. The lowest BCUT2D eigenvalue weighted by Crippen LogP contribution is -2.19. The summed E-state index contributed by atoms with van der Waals surface area (Å²) in [5.74, 6) is -0.158. The number of hydrogen-bond acceptors (Lipinski definition) is 7. The molecule has 0 unspecified atom stereocenters. The highest BCUT2D eigenvalue weighted by Gasteiger charge is 2.24. The van der Waals surface area contributed by atoms with E-state index in [4.69, 9.17) is 0 Å². The van der Waals surface area contributed by atoms with E-state index in [0.29, 0.717) is 15.2 Å². The van der Waals surface area contributed by atoms with Crippen LogP contribution in [-0.2, 0) is 4.79 Å². The van der Waals surface area contributed by atoms with Gasteiger partial charge in [-0.05, 0) is 35.5 Å². The van der Waals surface area contributed by atoms with E-state index in [1.54, 1.807) is 12.4 Å². The Hall–Kier alpha value is -2.58. The molecule has 0 atom stereocenters. The van der Waals surface area contributed by atoms with Gasteiger partial charge in [0.05, 0.1) is 10.4 Å². The average molecular weight is 339 g/mol. The van der Waals surface area contributed by atoms with Gasteiger partial charge in [0.25, 0.3) is 5.91 Å². The van der Waals surface area contributed by atoms with E-state index in [1.807, 2.05) is 29.7 Å². The zero-order chi connectivity index (χ0) is 15.6. The molecule has 4 rings (SSSR count). The summed E-state index contributed by atoms with van der Waals surface area (Å²) in [4.78, 5) is 29.2. The molecule has 6 nitrogen and oxygen atoms in total. The number of carbonyl (C=O) groups excluding carboxylic acids is 1. The number of rotatable bonds is 2. The van der Waals surface area contributed by atoms with Crippen molar-refractivity contribution in [3.8, 4) is 0 Å². The summed E-state index contributed by atoms with van der Waals surface area (Å²) in [5.41, 5.74) is 1.79. The van der Waals surface area contributed by atoms with E-state index in [2.05, 4.69) is 25.3 Å². The molecule has 1 aliphatic heterocycles. The van der Waals surface area contributed by atoms with Crippen molar-refractivity contribution in [1.29, 1.82) is 0 Å². The van der Waals surface area contributed by atoms with Crippen molar-refractivity contribution in [2.75, 3.05) is 0 Å². The first-order valence-electron chi connectivity index (χ1n) is 6.67.